The van der Waals surface area contributed by atoms with Gasteiger partial charge in [-0.15, -0.1) is 0 Å². The molecule has 0 radical (unpaired) electrons. The first-order chi connectivity index (χ1) is 13.4. The molecule has 0 saturated carbocycles. The molecule has 2 aromatic rings. The van der Waals surface area contributed by atoms with Crippen LogP contribution < -0.4 is 10.6 Å². The number of guanidine groups is 1. The van der Waals surface area contributed by atoms with Crippen molar-refractivity contribution in [2.24, 2.45) is 4.99 Å². The van der Waals surface area contributed by atoms with Crippen molar-refractivity contribution in [2.45, 2.75) is 38.6 Å². The molecule has 0 atom stereocenters. The number of para-hydroxylation sites is 1. The Bertz CT molecular complexity index is 686. The summed E-state index contributed by atoms with van der Waals surface area (Å²) in [5.74, 6) is 0.853. The minimum atomic E-state index is 0.722. The summed E-state index contributed by atoms with van der Waals surface area (Å²) >= 11 is 0. The van der Waals surface area contributed by atoms with Crippen LogP contribution in [0, 0.1) is 0 Å². The van der Waals surface area contributed by atoms with E-state index in [1.165, 1.54) is 50.9 Å². The van der Waals surface area contributed by atoms with Gasteiger partial charge in [-0.3, -0.25) is 4.99 Å². The van der Waals surface area contributed by atoms with Crippen LogP contribution in [0.3, 0.4) is 0 Å². The number of aliphatic imine (C=N–C) groups is 1. The SMILES string of the molecule is CN=C(NCCCN1CCCCCC1)NCc1ccccc1-n1ccnc1. The molecular weight excluding hydrogens is 336 g/mol. The quantitative estimate of drug-likeness (QED) is 0.448. The van der Waals surface area contributed by atoms with Crippen LogP contribution in [0.5, 0.6) is 0 Å². The molecule has 2 heterocycles. The number of hydrogen-bond acceptors (Lipinski definition) is 3. The van der Waals surface area contributed by atoms with Crippen molar-refractivity contribution in [2.75, 3.05) is 33.2 Å². The van der Waals surface area contributed by atoms with Gasteiger partial charge in [0.05, 0.1) is 12.0 Å². The van der Waals surface area contributed by atoms with E-state index in [1.54, 1.807) is 6.20 Å². The number of nitrogens with zero attached hydrogens (tertiary/aromatic N) is 4. The zero-order valence-corrected chi connectivity index (χ0v) is 16.4. The highest BCUT2D eigenvalue weighted by atomic mass is 15.2. The Kier molecular flexibility index (Phi) is 7.71. The second-order valence-corrected chi connectivity index (χ2v) is 7.06. The standard InChI is InChI=1S/C21H32N6/c1-22-21(24-11-8-15-26-13-6-2-3-7-14-26)25-17-19-9-4-5-10-20(19)27-16-12-23-18-27/h4-5,9-10,12,16,18H,2-3,6-8,11,13-15,17H2,1H3,(H2,22,24,25). The molecule has 1 aromatic heterocycles. The van der Waals surface area contributed by atoms with Gasteiger partial charge in [0, 0.05) is 32.5 Å². The molecule has 1 aliphatic heterocycles. The lowest BCUT2D eigenvalue weighted by atomic mass is 10.1. The molecule has 27 heavy (non-hydrogen) atoms. The summed E-state index contributed by atoms with van der Waals surface area (Å²) in [6, 6.07) is 8.36. The van der Waals surface area contributed by atoms with Crippen LogP contribution in [0.4, 0.5) is 0 Å². The molecule has 0 unspecified atom stereocenters. The number of rotatable bonds is 7. The first-order valence-electron chi connectivity index (χ1n) is 10.1. The molecule has 6 heteroatoms. The maximum Gasteiger partial charge on any atom is 0.191 e. The second kappa shape index (κ2) is 10.7. The van der Waals surface area contributed by atoms with Crippen molar-refractivity contribution in [3.63, 3.8) is 0 Å². The van der Waals surface area contributed by atoms with Gasteiger partial charge in [-0.05, 0) is 50.5 Å². The first kappa shape index (κ1) is 19.4. The van der Waals surface area contributed by atoms with E-state index in [9.17, 15) is 0 Å². The summed E-state index contributed by atoms with van der Waals surface area (Å²) in [6.45, 7) is 5.36. The summed E-state index contributed by atoms with van der Waals surface area (Å²) in [5.41, 5.74) is 2.35. The van der Waals surface area contributed by atoms with Gasteiger partial charge >= 0.3 is 0 Å². The van der Waals surface area contributed by atoms with E-state index in [0.29, 0.717) is 0 Å². The van der Waals surface area contributed by atoms with E-state index in [-0.39, 0.29) is 0 Å². The third kappa shape index (κ3) is 6.10. The minimum absolute atomic E-state index is 0.722. The van der Waals surface area contributed by atoms with Crippen molar-refractivity contribution in [3.8, 4) is 5.69 Å². The fourth-order valence-electron chi connectivity index (χ4n) is 3.58. The summed E-state index contributed by atoms with van der Waals surface area (Å²) < 4.78 is 2.04. The number of nitrogens with one attached hydrogen (secondary N) is 2. The van der Waals surface area contributed by atoms with E-state index in [0.717, 1.165) is 31.2 Å². The van der Waals surface area contributed by atoms with E-state index < -0.39 is 0 Å². The maximum atomic E-state index is 4.36. The predicted octanol–water partition coefficient (Wildman–Crippen LogP) is 2.80. The fraction of sp³-hybridized carbons (Fsp3) is 0.524. The third-order valence-electron chi connectivity index (χ3n) is 5.09. The zero-order chi connectivity index (χ0) is 18.7. The van der Waals surface area contributed by atoms with E-state index >= 15 is 0 Å². The molecule has 1 aromatic carbocycles. The highest BCUT2D eigenvalue weighted by Gasteiger charge is 2.08. The largest absolute Gasteiger partial charge is 0.356 e. The van der Waals surface area contributed by atoms with Crippen molar-refractivity contribution < 1.29 is 0 Å². The van der Waals surface area contributed by atoms with Crippen molar-refractivity contribution in [3.05, 3.63) is 48.5 Å². The lowest BCUT2D eigenvalue weighted by molar-refractivity contribution is 0.282. The molecular formula is C21H32N6. The van der Waals surface area contributed by atoms with Gasteiger partial charge in [0.2, 0.25) is 0 Å². The molecule has 1 fully saturated rings. The van der Waals surface area contributed by atoms with Gasteiger partial charge in [0.15, 0.2) is 5.96 Å². The van der Waals surface area contributed by atoms with E-state index in [4.69, 9.17) is 0 Å². The molecule has 0 bridgehead atoms. The number of benzene rings is 1. The van der Waals surface area contributed by atoms with Crippen LogP contribution >= 0.6 is 0 Å². The minimum Gasteiger partial charge on any atom is -0.356 e. The van der Waals surface area contributed by atoms with Crippen LogP contribution in [0.1, 0.15) is 37.7 Å². The van der Waals surface area contributed by atoms with Crippen molar-refractivity contribution >= 4 is 5.96 Å². The highest BCUT2D eigenvalue weighted by molar-refractivity contribution is 5.79. The van der Waals surface area contributed by atoms with Gasteiger partial charge in [0.25, 0.3) is 0 Å². The average molecular weight is 369 g/mol. The highest BCUT2D eigenvalue weighted by Crippen LogP contribution is 2.13. The molecule has 1 aliphatic rings. The first-order valence-corrected chi connectivity index (χ1v) is 10.1. The molecule has 0 amide bonds. The smallest absolute Gasteiger partial charge is 0.191 e. The topological polar surface area (TPSA) is 57.5 Å². The number of hydrogen-bond donors (Lipinski definition) is 2. The van der Waals surface area contributed by atoms with Gasteiger partial charge in [-0.1, -0.05) is 31.0 Å². The zero-order valence-electron chi connectivity index (χ0n) is 16.4. The summed E-state index contributed by atoms with van der Waals surface area (Å²) in [6.07, 6.45) is 12.2. The monoisotopic (exact) mass is 368 g/mol. The molecule has 1 saturated heterocycles. The normalized spacial score (nSPS) is 16.1. The third-order valence-corrected chi connectivity index (χ3v) is 5.09. The Labute approximate surface area is 162 Å². The summed E-state index contributed by atoms with van der Waals surface area (Å²) in [5, 5.41) is 6.87. The predicted molar refractivity (Wildman–Crippen MR) is 111 cm³/mol. The molecule has 146 valence electrons. The fourth-order valence-corrected chi connectivity index (χ4v) is 3.58. The van der Waals surface area contributed by atoms with Gasteiger partial charge in [-0.2, -0.15) is 0 Å². The molecule has 0 spiro atoms. The van der Waals surface area contributed by atoms with E-state index in [2.05, 4.69) is 49.8 Å². The Morgan fingerprint density at radius 2 is 1.93 bits per heavy atom. The van der Waals surface area contributed by atoms with Crippen molar-refractivity contribution in [1.29, 1.82) is 0 Å². The molecule has 6 nitrogen and oxygen atoms in total. The summed E-state index contributed by atoms with van der Waals surface area (Å²) in [4.78, 5) is 11.1. The van der Waals surface area contributed by atoms with Crippen LogP contribution in [0.25, 0.3) is 5.69 Å². The Morgan fingerprint density at radius 1 is 1.11 bits per heavy atom. The number of likely N-dealkylation sites (tertiary alicyclic amines) is 1. The van der Waals surface area contributed by atoms with Crippen LogP contribution in [-0.2, 0) is 6.54 Å². The molecule has 3 rings (SSSR count). The Morgan fingerprint density at radius 3 is 2.67 bits per heavy atom. The van der Waals surface area contributed by atoms with E-state index in [1.807, 2.05) is 24.1 Å². The number of imidazole rings is 1. The van der Waals surface area contributed by atoms with Crippen molar-refractivity contribution in [1.82, 2.24) is 25.1 Å². The van der Waals surface area contributed by atoms with Gasteiger partial charge < -0.3 is 20.1 Å². The Hall–Kier alpha value is -2.34. The maximum absolute atomic E-state index is 4.36. The van der Waals surface area contributed by atoms with Gasteiger partial charge in [0.1, 0.15) is 0 Å². The Balaban J connectivity index is 1.43. The van der Waals surface area contributed by atoms with Crippen LogP contribution in [-0.4, -0.2) is 53.6 Å². The van der Waals surface area contributed by atoms with Gasteiger partial charge in [-0.25, -0.2) is 4.98 Å². The summed E-state index contributed by atoms with van der Waals surface area (Å²) in [7, 11) is 1.83. The lowest BCUT2D eigenvalue weighted by Gasteiger charge is -2.20. The lowest BCUT2D eigenvalue weighted by Crippen LogP contribution is -2.38. The average Bonchev–Trinajstić information content (AvgIpc) is 3.12. The van der Waals surface area contributed by atoms with Crippen LogP contribution in [0.2, 0.25) is 0 Å². The molecule has 2 N–H and O–H groups in total. The van der Waals surface area contributed by atoms with Crippen LogP contribution in [0.15, 0.2) is 48.0 Å². The second-order valence-electron chi connectivity index (χ2n) is 7.06. The number of aromatic nitrogens is 2. The molecule has 0 aliphatic carbocycles.